The van der Waals surface area contributed by atoms with E-state index in [9.17, 15) is 4.79 Å². The lowest BCUT2D eigenvalue weighted by Crippen LogP contribution is -2.37. The van der Waals surface area contributed by atoms with Gasteiger partial charge in [0.1, 0.15) is 0 Å². The average Bonchev–Trinajstić information content (AvgIpc) is 3.77. The molecule has 0 spiro atoms. The molecular formula is C27H54N8O. The van der Waals surface area contributed by atoms with Crippen LogP contribution in [-0.2, 0) is 0 Å². The predicted octanol–water partition coefficient (Wildman–Crippen LogP) is 3.68. The number of guanidine groups is 2. The topological polar surface area (TPSA) is 147 Å². The lowest BCUT2D eigenvalue weighted by molar-refractivity contribution is 0.204. The first-order valence-corrected chi connectivity index (χ1v) is 14.7. The van der Waals surface area contributed by atoms with Crippen LogP contribution in [0.25, 0.3) is 0 Å². The molecular weight excluding hydrogens is 452 g/mol. The largest absolute Gasteiger partial charge is 0.370 e. The Kier molecular flexibility index (Phi) is 15.8. The molecule has 2 aliphatic rings. The smallest absolute Gasteiger partial charge is 0.314 e. The Bertz CT molecular complexity index is 598. The quantitative estimate of drug-likeness (QED) is 0.0863. The number of unbranched alkanes of at least 4 members (excludes halogenated alkanes) is 10. The third kappa shape index (κ3) is 17.3. The minimum Gasteiger partial charge on any atom is -0.370 e. The van der Waals surface area contributed by atoms with Crippen molar-refractivity contribution in [3.8, 4) is 0 Å². The molecule has 2 fully saturated rings. The molecule has 2 aliphatic carbocycles. The number of aliphatic imine (C=N–C) groups is 2. The van der Waals surface area contributed by atoms with Crippen molar-refractivity contribution in [2.45, 2.75) is 103 Å². The molecule has 0 aromatic carbocycles. The van der Waals surface area contributed by atoms with Gasteiger partial charge >= 0.3 is 6.03 Å². The van der Waals surface area contributed by atoms with Crippen molar-refractivity contribution in [1.29, 1.82) is 0 Å². The number of hydrogen-bond donors (Lipinski definition) is 5. The van der Waals surface area contributed by atoms with Crippen molar-refractivity contribution in [3.63, 3.8) is 0 Å². The van der Waals surface area contributed by atoms with Gasteiger partial charge in [-0.05, 0) is 63.2 Å². The van der Waals surface area contributed by atoms with Gasteiger partial charge in [0.2, 0.25) is 0 Å². The van der Waals surface area contributed by atoms with Crippen LogP contribution in [0.2, 0.25) is 0 Å². The van der Waals surface area contributed by atoms with Crippen molar-refractivity contribution >= 4 is 18.0 Å². The van der Waals surface area contributed by atoms with Crippen LogP contribution < -0.4 is 27.8 Å². The Morgan fingerprint density at radius 2 is 0.972 bits per heavy atom. The van der Waals surface area contributed by atoms with E-state index in [2.05, 4.69) is 20.6 Å². The highest BCUT2D eigenvalue weighted by Gasteiger charge is 2.20. The van der Waals surface area contributed by atoms with Gasteiger partial charge in [-0.2, -0.15) is 0 Å². The van der Waals surface area contributed by atoms with E-state index in [-0.39, 0.29) is 6.03 Å². The predicted molar refractivity (Wildman–Crippen MR) is 151 cm³/mol. The molecule has 9 nitrogen and oxygen atoms in total. The zero-order chi connectivity index (χ0) is 25.8. The van der Waals surface area contributed by atoms with E-state index >= 15 is 0 Å². The highest BCUT2D eigenvalue weighted by molar-refractivity contribution is 5.78. The summed E-state index contributed by atoms with van der Waals surface area (Å²) < 4.78 is 0. The Hall–Kier alpha value is -2.19. The van der Waals surface area contributed by atoms with Crippen LogP contribution in [-0.4, -0.2) is 62.1 Å². The maximum absolute atomic E-state index is 11.8. The second-order valence-corrected chi connectivity index (χ2v) is 10.8. The minimum atomic E-state index is -0.283. The van der Waals surface area contributed by atoms with Crippen molar-refractivity contribution in [2.24, 2.45) is 39.0 Å². The Morgan fingerprint density at radius 3 is 1.33 bits per heavy atom. The normalized spacial score (nSPS) is 16.2. The summed E-state index contributed by atoms with van der Waals surface area (Å²) in [6, 6.07) is -0.283. The average molecular weight is 507 g/mol. The molecule has 0 aromatic heterocycles. The van der Waals surface area contributed by atoms with Gasteiger partial charge < -0.3 is 32.7 Å². The first-order chi connectivity index (χ1) is 17.5. The van der Waals surface area contributed by atoms with Crippen LogP contribution in [0.3, 0.4) is 0 Å². The fourth-order valence-corrected chi connectivity index (χ4v) is 4.20. The van der Waals surface area contributed by atoms with Crippen LogP contribution in [0, 0.1) is 11.8 Å². The lowest BCUT2D eigenvalue weighted by atomic mass is 10.1. The lowest BCUT2D eigenvalue weighted by Gasteiger charge is -2.20. The highest BCUT2D eigenvalue weighted by atomic mass is 16.2. The second kappa shape index (κ2) is 19.0. The van der Waals surface area contributed by atoms with E-state index in [0.717, 1.165) is 89.6 Å². The molecule has 0 heterocycles. The molecule has 36 heavy (non-hydrogen) atoms. The number of hydrogen-bond acceptors (Lipinski definition) is 3. The van der Waals surface area contributed by atoms with E-state index < -0.39 is 0 Å². The monoisotopic (exact) mass is 506 g/mol. The Balaban J connectivity index is 1.33. The van der Waals surface area contributed by atoms with Gasteiger partial charge in [0.05, 0.1) is 0 Å². The molecule has 0 saturated heterocycles. The molecule has 0 unspecified atom stereocenters. The number of carbonyl (C=O) groups is 1. The third-order valence-electron chi connectivity index (χ3n) is 7.07. The first kappa shape index (κ1) is 30.0. The fourth-order valence-electron chi connectivity index (χ4n) is 4.20. The number of nitrogens with one attached hydrogen (secondary N) is 2. The van der Waals surface area contributed by atoms with Gasteiger partial charge in [0, 0.05) is 39.3 Å². The van der Waals surface area contributed by atoms with Gasteiger partial charge in [0.15, 0.2) is 11.9 Å². The highest BCUT2D eigenvalue weighted by Crippen LogP contribution is 2.29. The van der Waals surface area contributed by atoms with Crippen LogP contribution in [0.4, 0.5) is 4.79 Å². The molecule has 9 heteroatoms. The molecule has 8 N–H and O–H groups in total. The number of amides is 2. The summed E-state index contributed by atoms with van der Waals surface area (Å²) in [4.78, 5) is 22.3. The summed E-state index contributed by atoms with van der Waals surface area (Å²) >= 11 is 0. The summed E-state index contributed by atoms with van der Waals surface area (Å²) in [7, 11) is 0. The van der Waals surface area contributed by atoms with Gasteiger partial charge in [-0.25, -0.2) is 4.79 Å². The number of rotatable bonds is 22. The third-order valence-corrected chi connectivity index (χ3v) is 7.07. The second-order valence-electron chi connectivity index (χ2n) is 10.8. The van der Waals surface area contributed by atoms with E-state index in [4.69, 9.17) is 17.2 Å². The van der Waals surface area contributed by atoms with E-state index in [1.54, 1.807) is 0 Å². The minimum absolute atomic E-state index is 0.283. The van der Waals surface area contributed by atoms with Gasteiger partial charge in [-0.15, -0.1) is 0 Å². The molecule has 0 atom stereocenters. The van der Waals surface area contributed by atoms with Crippen molar-refractivity contribution in [2.75, 3.05) is 39.3 Å². The van der Waals surface area contributed by atoms with Crippen LogP contribution in [0.1, 0.15) is 103 Å². The van der Waals surface area contributed by atoms with Gasteiger partial charge in [-0.1, -0.05) is 51.4 Å². The summed E-state index contributed by atoms with van der Waals surface area (Å²) in [6.45, 7) is 5.12. The standard InChI is InChI=1S/C27H54N8O/c28-25(33-21-23-13-14-23)31-17-9-5-1-3-7-11-19-35(27(30)36)20-12-8-4-2-6-10-18-32-26(29)34-22-24-15-16-24/h23-24H,1-22H2,(H2,30,36)(H3,28,31,33)(H3,29,32,34). The van der Waals surface area contributed by atoms with Crippen molar-refractivity contribution in [1.82, 2.24) is 15.5 Å². The number of primary amides is 1. The van der Waals surface area contributed by atoms with E-state index in [1.807, 2.05) is 4.90 Å². The van der Waals surface area contributed by atoms with Crippen molar-refractivity contribution < 1.29 is 4.79 Å². The molecule has 0 aromatic rings. The van der Waals surface area contributed by atoms with Gasteiger partial charge in [0.25, 0.3) is 0 Å². The molecule has 0 bridgehead atoms. The summed E-state index contributed by atoms with van der Waals surface area (Å²) in [5, 5.41) is 6.41. The van der Waals surface area contributed by atoms with Gasteiger partial charge in [-0.3, -0.25) is 9.98 Å². The molecule has 0 radical (unpaired) electrons. The van der Waals surface area contributed by atoms with Crippen LogP contribution in [0.5, 0.6) is 0 Å². The summed E-state index contributed by atoms with van der Waals surface area (Å²) in [6.07, 6.45) is 19.0. The number of nitrogens with two attached hydrogens (primary N) is 3. The maximum atomic E-state index is 11.8. The Labute approximate surface area is 219 Å². The molecule has 208 valence electrons. The van der Waals surface area contributed by atoms with Crippen molar-refractivity contribution in [3.05, 3.63) is 0 Å². The van der Waals surface area contributed by atoms with E-state index in [1.165, 1.54) is 64.2 Å². The maximum Gasteiger partial charge on any atom is 0.314 e. The van der Waals surface area contributed by atoms with Crippen LogP contribution in [0.15, 0.2) is 9.98 Å². The zero-order valence-corrected chi connectivity index (χ0v) is 22.7. The summed E-state index contributed by atoms with van der Waals surface area (Å²) in [5.74, 6) is 2.75. The molecule has 0 aliphatic heterocycles. The fraction of sp³-hybridized carbons (Fsp3) is 0.889. The van der Waals surface area contributed by atoms with Crippen LogP contribution >= 0.6 is 0 Å². The van der Waals surface area contributed by atoms with E-state index in [0.29, 0.717) is 11.9 Å². The summed E-state index contributed by atoms with van der Waals surface area (Å²) in [5.41, 5.74) is 17.3. The molecule has 2 amide bonds. The SMILES string of the molecule is NC(=O)N(CCCCCCCCNC(N)=NCC1CC1)CCCCCCCCNC(N)=NCC1CC1. The number of carbonyl (C=O) groups excluding carboxylic acids is 1. The molecule has 2 saturated carbocycles. The Morgan fingerprint density at radius 1 is 0.611 bits per heavy atom. The zero-order valence-electron chi connectivity index (χ0n) is 22.7. The molecule has 2 rings (SSSR count). The number of urea groups is 1. The first-order valence-electron chi connectivity index (χ1n) is 14.7. The number of nitrogens with zero attached hydrogens (tertiary/aromatic N) is 3.